The van der Waals surface area contributed by atoms with Gasteiger partial charge in [0.15, 0.2) is 0 Å². The van der Waals surface area contributed by atoms with Crippen molar-refractivity contribution >= 4 is 45.7 Å². The molecule has 2 aromatic heterocycles. The maximum atomic E-state index is 6.08. The van der Waals surface area contributed by atoms with Gasteiger partial charge in [-0.2, -0.15) is 0 Å². The molecule has 6 heteroatoms. The highest BCUT2D eigenvalue weighted by Crippen LogP contribution is 2.34. The third-order valence-electron chi connectivity index (χ3n) is 4.07. The Kier molecular flexibility index (Phi) is 3.43. The lowest BCUT2D eigenvalue weighted by atomic mass is 9.96. The number of aryl methyl sites for hydroxylation is 2. The van der Waals surface area contributed by atoms with Crippen LogP contribution >= 0.6 is 23.2 Å². The Bertz CT molecular complexity index is 857. The van der Waals surface area contributed by atoms with E-state index in [0.29, 0.717) is 10.0 Å². The standard InChI is InChI=1S/C16H14Cl2N4/c17-11-6-5-9(7-12(11)18)21-15-14-10-3-1-2-4-13(10)22-16(14)20-8-19-15/h5-8H,1-4H2,(H2,19,20,21,22). The monoisotopic (exact) mass is 332 g/mol. The van der Waals surface area contributed by atoms with E-state index in [0.717, 1.165) is 35.4 Å². The summed E-state index contributed by atoms with van der Waals surface area (Å²) in [5, 5.41) is 5.49. The highest BCUT2D eigenvalue weighted by atomic mass is 35.5. The summed E-state index contributed by atoms with van der Waals surface area (Å²) >= 11 is 12.0. The van der Waals surface area contributed by atoms with E-state index >= 15 is 0 Å². The van der Waals surface area contributed by atoms with Crippen molar-refractivity contribution in [2.45, 2.75) is 25.7 Å². The second kappa shape index (κ2) is 5.45. The summed E-state index contributed by atoms with van der Waals surface area (Å²) in [5.74, 6) is 0.808. The van der Waals surface area contributed by atoms with Crippen molar-refractivity contribution in [3.05, 3.63) is 45.8 Å². The van der Waals surface area contributed by atoms with Gasteiger partial charge in [0.1, 0.15) is 17.8 Å². The molecule has 1 aliphatic carbocycles. The highest BCUT2D eigenvalue weighted by molar-refractivity contribution is 6.42. The molecule has 112 valence electrons. The number of rotatable bonds is 2. The van der Waals surface area contributed by atoms with Crippen molar-refractivity contribution in [2.75, 3.05) is 5.32 Å². The molecule has 0 atom stereocenters. The van der Waals surface area contributed by atoms with Gasteiger partial charge in [0.2, 0.25) is 0 Å². The molecule has 3 aromatic rings. The molecule has 0 spiro atoms. The van der Waals surface area contributed by atoms with Gasteiger partial charge in [-0.3, -0.25) is 0 Å². The van der Waals surface area contributed by atoms with Crippen LogP contribution in [-0.2, 0) is 12.8 Å². The average Bonchev–Trinajstić information content (AvgIpc) is 2.90. The fourth-order valence-corrected chi connectivity index (χ4v) is 3.33. The fourth-order valence-electron chi connectivity index (χ4n) is 3.03. The van der Waals surface area contributed by atoms with Crippen molar-refractivity contribution in [1.82, 2.24) is 15.0 Å². The average molecular weight is 333 g/mol. The Balaban J connectivity index is 1.81. The van der Waals surface area contributed by atoms with Gasteiger partial charge in [0.05, 0.1) is 15.4 Å². The van der Waals surface area contributed by atoms with Crippen LogP contribution in [-0.4, -0.2) is 15.0 Å². The number of aromatic nitrogens is 3. The van der Waals surface area contributed by atoms with Crippen molar-refractivity contribution in [3.63, 3.8) is 0 Å². The first-order chi connectivity index (χ1) is 10.7. The molecule has 22 heavy (non-hydrogen) atoms. The maximum absolute atomic E-state index is 6.08. The molecule has 4 nitrogen and oxygen atoms in total. The Morgan fingerprint density at radius 3 is 2.77 bits per heavy atom. The summed E-state index contributed by atoms with van der Waals surface area (Å²) in [5.41, 5.74) is 4.38. The molecule has 0 radical (unpaired) electrons. The zero-order valence-corrected chi connectivity index (χ0v) is 13.3. The van der Waals surface area contributed by atoms with E-state index in [9.17, 15) is 0 Å². The quantitative estimate of drug-likeness (QED) is 0.702. The van der Waals surface area contributed by atoms with E-state index in [4.69, 9.17) is 23.2 Å². The molecule has 0 amide bonds. The number of nitrogens with zero attached hydrogens (tertiary/aromatic N) is 2. The lowest BCUT2D eigenvalue weighted by molar-refractivity contribution is 0.680. The molecular weight excluding hydrogens is 319 g/mol. The minimum absolute atomic E-state index is 0.521. The Labute approximate surface area is 137 Å². The number of hydrogen-bond acceptors (Lipinski definition) is 3. The second-order valence-electron chi connectivity index (χ2n) is 5.49. The lowest BCUT2D eigenvalue weighted by Crippen LogP contribution is -2.01. The van der Waals surface area contributed by atoms with Gasteiger partial charge in [0.25, 0.3) is 0 Å². The van der Waals surface area contributed by atoms with Crippen molar-refractivity contribution in [3.8, 4) is 0 Å². The molecular formula is C16H14Cl2N4. The lowest BCUT2D eigenvalue weighted by Gasteiger charge is -2.12. The Morgan fingerprint density at radius 1 is 1.05 bits per heavy atom. The number of hydrogen-bond donors (Lipinski definition) is 2. The van der Waals surface area contributed by atoms with Gasteiger partial charge in [0, 0.05) is 11.4 Å². The summed E-state index contributed by atoms with van der Waals surface area (Å²) in [6.45, 7) is 0. The summed E-state index contributed by atoms with van der Waals surface area (Å²) < 4.78 is 0. The number of halogens is 2. The molecule has 4 rings (SSSR count). The number of benzene rings is 1. The molecule has 0 aliphatic heterocycles. The summed E-state index contributed by atoms with van der Waals surface area (Å²) in [6.07, 6.45) is 6.16. The molecule has 0 bridgehead atoms. The zero-order chi connectivity index (χ0) is 15.1. The smallest absolute Gasteiger partial charge is 0.143 e. The maximum Gasteiger partial charge on any atom is 0.143 e. The minimum Gasteiger partial charge on any atom is -0.343 e. The second-order valence-corrected chi connectivity index (χ2v) is 6.30. The molecule has 0 saturated heterocycles. The van der Waals surface area contributed by atoms with Gasteiger partial charge < -0.3 is 10.3 Å². The van der Waals surface area contributed by atoms with Crippen LogP contribution in [0.1, 0.15) is 24.1 Å². The molecule has 2 heterocycles. The van der Waals surface area contributed by atoms with Crippen LogP contribution in [0, 0.1) is 0 Å². The largest absolute Gasteiger partial charge is 0.343 e. The first kappa shape index (κ1) is 13.9. The predicted molar refractivity (Wildman–Crippen MR) is 90.3 cm³/mol. The van der Waals surface area contributed by atoms with Gasteiger partial charge in [-0.1, -0.05) is 23.2 Å². The third kappa shape index (κ3) is 2.32. The molecule has 1 aliphatic rings. The van der Waals surface area contributed by atoms with E-state index in [1.807, 2.05) is 6.07 Å². The summed E-state index contributed by atoms with van der Waals surface area (Å²) in [6, 6.07) is 5.47. The molecule has 0 fully saturated rings. The molecule has 0 unspecified atom stereocenters. The Morgan fingerprint density at radius 2 is 1.91 bits per heavy atom. The van der Waals surface area contributed by atoms with Crippen molar-refractivity contribution in [2.24, 2.45) is 0 Å². The van der Waals surface area contributed by atoms with E-state index in [1.165, 1.54) is 24.1 Å². The molecule has 0 saturated carbocycles. The van der Waals surface area contributed by atoms with Crippen molar-refractivity contribution in [1.29, 1.82) is 0 Å². The normalized spacial score (nSPS) is 14.1. The van der Waals surface area contributed by atoms with Crippen LogP contribution < -0.4 is 5.32 Å². The van der Waals surface area contributed by atoms with E-state index < -0.39 is 0 Å². The molecule has 2 N–H and O–H groups in total. The van der Waals surface area contributed by atoms with Gasteiger partial charge >= 0.3 is 0 Å². The van der Waals surface area contributed by atoms with E-state index in [-0.39, 0.29) is 0 Å². The minimum atomic E-state index is 0.521. The fraction of sp³-hybridized carbons (Fsp3) is 0.250. The number of nitrogens with one attached hydrogen (secondary N) is 2. The van der Waals surface area contributed by atoms with Crippen LogP contribution in [0.25, 0.3) is 11.0 Å². The predicted octanol–water partition coefficient (Wildman–Crippen LogP) is 4.89. The van der Waals surface area contributed by atoms with Crippen LogP contribution in [0.2, 0.25) is 10.0 Å². The summed E-state index contributed by atoms with van der Waals surface area (Å²) in [7, 11) is 0. The topological polar surface area (TPSA) is 53.6 Å². The number of H-pyrrole nitrogens is 1. The SMILES string of the molecule is Clc1ccc(Nc2ncnc3[nH]c4c(c23)CCCC4)cc1Cl. The van der Waals surface area contributed by atoms with E-state index in [2.05, 4.69) is 20.3 Å². The first-order valence-electron chi connectivity index (χ1n) is 7.29. The van der Waals surface area contributed by atoms with Gasteiger partial charge in [-0.05, 0) is 49.4 Å². The van der Waals surface area contributed by atoms with Gasteiger partial charge in [-0.15, -0.1) is 0 Å². The number of anilines is 2. The third-order valence-corrected chi connectivity index (χ3v) is 4.81. The van der Waals surface area contributed by atoms with E-state index in [1.54, 1.807) is 18.5 Å². The zero-order valence-electron chi connectivity index (χ0n) is 11.8. The molecule has 1 aromatic carbocycles. The Hall–Kier alpha value is -1.78. The highest BCUT2D eigenvalue weighted by Gasteiger charge is 2.19. The number of aromatic amines is 1. The van der Waals surface area contributed by atoms with Crippen LogP contribution in [0.4, 0.5) is 11.5 Å². The van der Waals surface area contributed by atoms with Crippen LogP contribution in [0.5, 0.6) is 0 Å². The number of fused-ring (bicyclic) bond motifs is 3. The van der Waals surface area contributed by atoms with Crippen molar-refractivity contribution < 1.29 is 0 Å². The van der Waals surface area contributed by atoms with Crippen LogP contribution in [0.3, 0.4) is 0 Å². The van der Waals surface area contributed by atoms with Crippen LogP contribution in [0.15, 0.2) is 24.5 Å². The summed E-state index contributed by atoms with van der Waals surface area (Å²) in [4.78, 5) is 12.2. The first-order valence-corrected chi connectivity index (χ1v) is 8.04. The van der Waals surface area contributed by atoms with Gasteiger partial charge in [-0.25, -0.2) is 9.97 Å².